The van der Waals surface area contributed by atoms with Gasteiger partial charge in [-0.3, -0.25) is 0 Å². The Balaban J connectivity index is 3.70. The van der Waals surface area contributed by atoms with Gasteiger partial charge >= 0.3 is 154 Å². The van der Waals surface area contributed by atoms with Gasteiger partial charge in [-0.15, -0.1) is 0 Å². The molecule has 3 nitrogen and oxygen atoms in total. The van der Waals surface area contributed by atoms with Gasteiger partial charge in [-0.25, -0.2) is 0 Å². The first-order valence-electron chi connectivity index (χ1n) is 9.47. The van der Waals surface area contributed by atoms with E-state index in [9.17, 15) is 13.2 Å². The maximum atomic E-state index is 14.5. The van der Waals surface area contributed by atoms with Crippen LogP contribution in [0.3, 0.4) is 0 Å². The first-order valence-corrected chi connectivity index (χ1v) is 27.1. The van der Waals surface area contributed by atoms with Crippen molar-refractivity contribution in [3.8, 4) is 0 Å². The zero-order chi connectivity index (χ0) is 19.2. The summed E-state index contributed by atoms with van der Waals surface area (Å²) in [6.45, 7) is 7.89. The van der Waals surface area contributed by atoms with Crippen LogP contribution in [0.1, 0.15) is 46.5 Å². The zero-order valence-corrected chi connectivity index (χ0v) is 20.9. The first kappa shape index (κ1) is 23.6. The van der Waals surface area contributed by atoms with Gasteiger partial charge in [-0.2, -0.15) is 0 Å². The second kappa shape index (κ2) is 9.18. The Morgan fingerprint density at radius 3 is 1.68 bits per heavy atom. The number of hydrogen-bond acceptors (Lipinski definition) is 3. The molecule has 25 heavy (non-hydrogen) atoms. The Hall–Kier alpha value is 0.576. The summed E-state index contributed by atoms with van der Waals surface area (Å²) in [7, 11) is -4.40. The number of nitrogens with one attached hydrogen (secondary N) is 3. The van der Waals surface area contributed by atoms with Crippen LogP contribution in [0.25, 0.3) is 0 Å². The third-order valence-corrected chi connectivity index (χ3v) is 71.0. The molecule has 0 saturated carbocycles. The summed E-state index contributed by atoms with van der Waals surface area (Å²) in [5, 5.41) is -4.13. The molecule has 0 atom stereocenters. The molecule has 1 rings (SSSR count). The summed E-state index contributed by atoms with van der Waals surface area (Å²) >= 11 is -4.93. The fourth-order valence-electron chi connectivity index (χ4n) is 3.82. The van der Waals surface area contributed by atoms with E-state index in [0.717, 1.165) is 22.5 Å². The Labute approximate surface area is 153 Å². The number of allylic oxidation sites excluding steroid dienone is 4. The molecule has 0 radical (unpaired) electrons. The molecule has 1 aliphatic rings. The average molecular weight is 502 g/mol. The van der Waals surface area contributed by atoms with Crippen molar-refractivity contribution in [2.24, 2.45) is 0 Å². The molecule has 0 fully saturated rings. The second-order valence-corrected chi connectivity index (χ2v) is 54.2. The Bertz CT molecular complexity index is 479. The number of hydrogen-bond donors (Lipinski definition) is 3. The number of rotatable bonds is 11. The molecular formula is C17H35F3GeN3Zr. The predicted octanol–water partition coefficient (Wildman–Crippen LogP) is 4.57. The quantitative estimate of drug-likeness (QED) is 0.363. The van der Waals surface area contributed by atoms with Crippen molar-refractivity contribution in [1.82, 2.24) is 9.78 Å². The van der Waals surface area contributed by atoms with Crippen LogP contribution >= 0.6 is 0 Å². The molecule has 0 aromatic heterocycles. The Morgan fingerprint density at radius 2 is 1.40 bits per heavy atom. The minimum absolute atomic E-state index is 0.612. The van der Waals surface area contributed by atoms with Gasteiger partial charge in [0.1, 0.15) is 0 Å². The molecule has 0 unspecified atom stereocenters. The molecule has 3 N–H and O–H groups in total. The summed E-state index contributed by atoms with van der Waals surface area (Å²) in [6, 6.07) is 0. The summed E-state index contributed by atoms with van der Waals surface area (Å²) in [5.41, 5.74) is 0. The van der Waals surface area contributed by atoms with Crippen molar-refractivity contribution in [2.45, 2.75) is 63.0 Å². The van der Waals surface area contributed by atoms with Crippen LogP contribution in [0.15, 0.2) is 21.5 Å². The maximum absolute atomic E-state index is 14.5. The summed E-state index contributed by atoms with van der Waals surface area (Å²) in [5.74, 6) is 3.14. The van der Waals surface area contributed by atoms with E-state index in [0.29, 0.717) is 26.1 Å². The number of alkyl halides is 3. The van der Waals surface area contributed by atoms with E-state index in [1.54, 1.807) is 11.5 Å². The third kappa shape index (κ3) is 4.21. The third-order valence-electron chi connectivity index (χ3n) is 5.56. The molecule has 0 spiro atoms. The topological polar surface area (TPSA) is 36.1 Å². The minimum atomic E-state index is -4.93. The molecule has 0 saturated heterocycles. The van der Waals surface area contributed by atoms with Gasteiger partial charge < -0.3 is 0 Å². The number of halogens is 3. The molecule has 8 heteroatoms. The van der Waals surface area contributed by atoms with Crippen molar-refractivity contribution in [3.63, 3.8) is 0 Å². The zero-order valence-electron chi connectivity index (χ0n) is 16.3. The van der Waals surface area contributed by atoms with E-state index in [-0.39, 0.29) is 0 Å². The van der Waals surface area contributed by atoms with Crippen LogP contribution in [0.4, 0.5) is 13.2 Å². The van der Waals surface area contributed by atoms with Crippen LogP contribution in [-0.2, 0) is 17.1 Å². The van der Waals surface area contributed by atoms with E-state index in [1.807, 2.05) is 39.0 Å². The predicted molar refractivity (Wildman–Crippen MR) is 100 cm³/mol. The molecule has 1 aliphatic carbocycles. The standard InChI is InChI=1S/C5H5.C3H6F3Ge.3C3H8N.Zr/c1-2-4-5-3-1;1-7(2)3(4,5)6;3*1-2-3-4;/h1-3H,4H2;1-2H3;3*4H,2-3H2,1H3;/q;;3*-1;+3. The van der Waals surface area contributed by atoms with Crippen LogP contribution in [0.2, 0.25) is 11.5 Å². The molecule has 0 aromatic carbocycles. The van der Waals surface area contributed by atoms with Gasteiger partial charge in [0, 0.05) is 0 Å². The summed E-state index contributed by atoms with van der Waals surface area (Å²) < 4.78 is 55.2. The summed E-state index contributed by atoms with van der Waals surface area (Å²) in [6.07, 6.45) is 8.96. The van der Waals surface area contributed by atoms with Crippen molar-refractivity contribution < 1.29 is 30.3 Å². The monoisotopic (exact) mass is 502 g/mol. The second-order valence-electron chi connectivity index (χ2n) is 7.48. The van der Waals surface area contributed by atoms with E-state index >= 15 is 0 Å². The molecule has 0 amide bonds. The van der Waals surface area contributed by atoms with Gasteiger partial charge in [-0.05, 0) is 0 Å². The molecule has 0 aromatic rings. The fourth-order valence-corrected chi connectivity index (χ4v) is 61.3. The Kier molecular flexibility index (Phi) is 8.67. The van der Waals surface area contributed by atoms with Crippen molar-refractivity contribution in [3.05, 3.63) is 21.5 Å². The van der Waals surface area contributed by atoms with Crippen LogP contribution in [0, 0.1) is 0 Å². The molecule has 0 bridgehead atoms. The van der Waals surface area contributed by atoms with Gasteiger partial charge in [0.2, 0.25) is 0 Å². The van der Waals surface area contributed by atoms with Gasteiger partial charge in [-0.1, -0.05) is 0 Å². The van der Waals surface area contributed by atoms with Gasteiger partial charge in [0.05, 0.1) is 0 Å². The van der Waals surface area contributed by atoms with E-state index in [2.05, 4.69) is 9.78 Å². The van der Waals surface area contributed by atoms with Crippen molar-refractivity contribution >= 4 is 9.48 Å². The van der Waals surface area contributed by atoms with E-state index < -0.39 is 31.6 Å². The Morgan fingerprint density at radius 1 is 0.960 bits per heavy atom. The van der Waals surface area contributed by atoms with Crippen LogP contribution in [0.5, 0.6) is 0 Å². The van der Waals surface area contributed by atoms with E-state index in [1.165, 1.54) is 0 Å². The average Bonchev–Trinajstić information content (AvgIpc) is 3.09. The molecular weight excluding hydrogens is 467 g/mol. The fraction of sp³-hybridized carbons (Fsp3) is 0.765. The van der Waals surface area contributed by atoms with Gasteiger partial charge in [0.15, 0.2) is 0 Å². The molecule has 0 aliphatic heterocycles. The summed E-state index contributed by atoms with van der Waals surface area (Å²) in [4.78, 5) is 0. The van der Waals surface area contributed by atoms with E-state index in [4.69, 9.17) is 0 Å². The SMILES string of the molecule is CCC[NH][Zr]([NH]CCC)([NH]CCC)([C]1=CC=CC1)[Ge]([CH3])([CH3])[C](F)(F)F. The molecule has 0 heterocycles. The normalized spacial score (nSPS) is 17.4. The van der Waals surface area contributed by atoms with Crippen molar-refractivity contribution in [2.75, 3.05) is 19.6 Å². The van der Waals surface area contributed by atoms with Crippen molar-refractivity contribution in [1.29, 1.82) is 0 Å². The first-order chi connectivity index (χ1) is 11.6. The molecule has 147 valence electrons. The van der Waals surface area contributed by atoms with Crippen LogP contribution < -0.4 is 9.78 Å². The van der Waals surface area contributed by atoms with Gasteiger partial charge in [0.25, 0.3) is 0 Å². The van der Waals surface area contributed by atoms with Crippen LogP contribution in [-0.4, -0.2) is 34.1 Å².